The van der Waals surface area contributed by atoms with Crippen LogP contribution >= 0.6 is 0 Å². The number of aliphatic hydroxyl groups is 1. The molecule has 2 atom stereocenters. The summed E-state index contributed by atoms with van der Waals surface area (Å²) in [6.45, 7) is 6.57. The lowest BCUT2D eigenvalue weighted by atomic mass is 10.1. The quantitative estimate of drug-likeness (QED) is 0.662. The molecule has 15 heavy (non-hydrogen) atoms. The normalized spacial score (nSPS) is 15.1. The number of aliphatic hydroxyl groups excluding tert-OH is 1. The number of ether oxygens (including phenoxy) is 1. The fourth-order valence-electron chi connectivity index (χ4n) is 0.939. The number of carboxylic acid groups (broad SMARTS) is 1. The van der Waals surface area contributed by atoms with Crippen molar-refractivity contribution in [3.8, 4) is 0 Å². The highest BCUT2D eigenvalue weighted by atomic mass is 16.6. The summed E-state index contributed by atoms with van der Waals surface area (Å²) >= 11 is 0. The van der Waals surface area contributed by atoms with E-state index < -0.39 is 24.1 Å². The van der Waals surface area contributed by atoms with Crippen molar-refractivity contribution in [1.29, 1.82) is 0 Å². The third-order valence-electron chi connectivity index (χ3n) is 1.96. The topological polar surface area (TPSA) is 83.8 Å². The fourth-order valence-corrected chi connectivity index (χ4v) is 0.939. The number of aliphatic carboxylic acids is 1. The summed E-state index contributed by atoms with van der Waals surface area (Å²) in [4.78, 5) is 22.0. The molecule has 0 aromatic rings. The molecule has 0 amide bonds. The first-order valence-electron chi connectivity index (χ1n) is 4.88. The van der Waals surface area contributed by atoms with Crippen molar-refractivity contribution < 1.29 is 24.5 Å². The number of carboxylic acids is 1. The van der Waals surface area contributed by atoms with E-state index in [-0.39, 0.29) is 11.8 Å². The predicted octanol–water partition coefficient (Wildman–Crippen LogP) is 0.656. The zero-order chi connectivity index (χ0) is 12.2. The van der Waals surface area contributed by atoms with Crippen molar-refractivity contribution in [2.75, 3.05) is 0 Å². The van der Waals surface area contributed by atoms with Gasteiger partial charge < -0.3 is 14.9 Å². The van der Waals surface area contributed by atoms with E-state index in [0.29, 0.717) is 0 Å². The van der Waals surface area contributed by atoms with Gasteiger partial charge in [0.25, 0.3) is 0 Å². The second-order valence-corrected chi connectivity index (χ2v) is 4.13. The summed E-state index contributed by atoms with van der Waals surface area (Å²) in [5.41, 5.74) is 0. The van der Waals surface area contributed by atoms with Crippen LogP contribution in [0.3, 0.4) is 0 Å². The minimum absolute atomic E-state index is 0.292. The van der Waals surface area contributed by atoms with Gasteiger partial charge in [0.1, 0.15) is 0 Å². The van der Waals surface area contributed by atoms with Gasteiger partial charge in [-0.15, -0.1) is 0 Å². The molecule has 2 N–H and O–H groups in total. The van der Waals surface area contributed by atoms with Gasteiger partial charge in [-0.3, -0.25) is 0 Å². The maximum atomic E-state index is 11.3. The van der Waals surface area contributed by atoms with Gasteiger partial charge in [-0.1, -0.05) is 27.7 Å². The summed E-state index contributed by atoms with van der Waals surface area (Å²) in [5, 5.41) is 18.1. The van der Waals surface area contributed by atoms with E-state index in [4.69, 9.17) is 9.84 Å². The third kappa shape index (κ3) is 4.29. The number of carbonyl (C=O) groups excluding carboxylic acids is 1. The largest absolute Gasteiger partial charge is 0.478 e. The summed E-state index contributed by atoms with van der Waals surface area (Å²) < 4.78 is 4.71. The summed E-state index contributed by atoms with van der Waals surface area (Å²) in [5.74, 6) is -2.70. The van der Waals surface area contributed by atoms with Gasteiger partial charge >= 0.3 is 11.9 Å². The lowest BCUT2D eigenvalue weighted by Crippen LogP contribution is -2.37. The predicted molar refractivity (Wildman–Crippen MR) is 53.2 cm³/mol. The van der Waals surface area contributed by atoms with E-state index in [1.165, 1.54) is 0 Å². The minimum Gasteiger partial charge on any atom is -0.478 e. The Morgan fingerprint density at radius 1 is 1.07 bits per heavy atom. The lowest BCUT2D eigenvalue weighted by Gasteiger charge is -2.20. The molecule has 0 aromatic carbocycles. The second-order valence-electron chi connectivity index (χ2n) is 4.13. The van der Waals surface area contributed by atoms with Gasteiger partial charge in [-0.25, -0.2) is 9.59 Å². The lowest BCUT2D eigenvalue weighted by molar-refractivity contribution is -0.174. The van der Waals surface area contributed by atoms with E-state index in [1.54, 1.807) is 27.7 Å². The van der Waals surface area contributed by atoms with Crippen molar-refractivity contribution in [1.82, 2.24) is 0 Å². The molecule has 0 rings (SSSR count). The Hall–Kier alpha value is -1.10. The van der Waals surface area contributed by atoms with Crippen molar-refractivity contribution in [2.45, 2.75) is 39.9 Å². The van der Waals surface area contributed by atoms with Crippen LogP contribution in [0.2, 0.25) is 0 Å². The first-order valence-corrected chi connectivity index (χ1v) is 4.88. The second kappa shape index (κ2) is 5.70. The van der Waals surface area contributed by atoms with Crippen LogP contribution in [0.4, 0.5) is 0 Å². The summed E-state index contributed by atoms with van der Waals surface area (Å²) in [6, 6.07) is 0. The molecule has 0 fully saturated rings. The first kappa shape index (κ1) is 13.9. The van der Waals surface area contributed by atoms with Crippen LogP contribution in [0, 0.1) is 11.8 Å². The molecule has 0 aromatic heterocycles. The molecule has 0 saturated carbocycles. The van der Waals surface area contributed by atoms with Gasteiger partial charge in [-0.05, 0) is 5.92 Å². The highest BCUT2D eigenvalue weighted by molar-refractivity contribution is 5.80. The molecular formula is C10H18O5. The van der Waals surface area contributed by atoms with Crippen molar-refractivity contribution in [2.24, 2.45) is 11.8 Å². The Morgan fingerprint density at radius 3 is 1.80 bits per heavy atom. The smallest absolute Gasteiger partial charge is 0.345 e. The van der Waals surface area contributed by atoms with E-state index in [2.05, 4.69) is 0 Å². The van der Waals surface area contributed by atoms with Crippen LogP contribution in [-0.4, -0.2) is 34.4 Å². The number of hydrogen-bond acceptors (Lipinski definition) is 4. The van der Waals surface area contributed by atoms with Crippen LogP contribution in [0.25, 0.3) is 0 Å². The van der Waals surface area contributed by atoms with Crippen LogP contribution in [-0.2, 0) is 14.3 Å². The minimum atomic E-state index is -1.27. The zero-order valence-electron chi connectivity index (χ0n) is 9.43. The Bertz CT molecular complexity index is 234. The highest BCUT2D eigenvalue weighted by Gasteiger charge is 2.29. The molecule has 0 spiro atoms. The Balaban J connectivity index is 4.43. The fraction of sp³-hybridized carbons (Fsp3) is 0.800. The number of esters is 1. The molecule has 2 unspecified atom stereocenters. The van der Waals surface area contributed by atoms with E-state index in [0.717, 1.165) is 0 Å². The number of carbonyl (C=O) groups is 2. The first-order chi connectivity index (χ1) is 6.77. The highest BCUT2D eigenvalue weighted by Crippen LogP contribution is 2.11. The van der Waals surface area contributed by atoms with Gasteiger partial charge in [0.2, 0.25) is 6.10 Å². The van der Waals surface area contributed by atoms with Crippen molar-refractivity contribution in [3.63, 3.8) is 0 Å². The maximum Gasteiger partial charge on any atom is 0.345 e. The van der Waals surface area contributed by atoms with Crippen LogP contribution < -0.4 is 0 Å². The van der Waals surface area contributed by atoms with Crippen LogP contribution in [0.1, 0.15) is 27.7 Å². The SMILES string of the molecule is CC(C)C(O)C(=O)OC(C(=O)O)C(C)C. The molecule has 5 heteroatoms. The van der Waals surface area contributed by atoms with E-state index in [9.17, 15) is 14.7 Å². The Labute approximate surface area is 89.0 Å². The third-order valence-corrected chi connectivity index (χ3v) is 1.96. The zero-order valence-corrected chi connectivity index (χ0v) is 9.43. The molecule has 0 radical (unpaired) electrons. The van der Waals surface area contributed by atoms with Crippen LogP contribution in [0.5, 0.6) is 0 Å². The number of rotatable bonds is 5. The summed E-state index contributed by atoms with van der Waals surface area (Å²) in [6.07, 6.45) is -2.48. The molecule has 0 aliphatic rings. The molecule has 0 heterocycles. The molecule has 0 aliphatic heterocycles. The maximum absolute atomic E-state index is 11.3. The molecule has 0 bridgehead atoms. The molecular weight excluding hydrogens is 200 g/mol. The summed E-state index contributed by atoms with van der Waals surface area (Å²) in [7, 11) is 0. The molecule has 88 valence electrons. The van der Waals surface area contributed by atoms with Gasteiger partial charge in [0, 0.05) is 5.92 Å². The average Bonchev–Trinajstić information content (AvgIpc) is 2.11. The van der Waals surface area contributed by atoms with Crippen LogP contribution in [0.15, 0.2) is 0 Å². The van der Waals surface area contributed by atoms with Gasteiger partial charge in [-0.2, -0.15) is 0 Å². The van der Waals surface area contributed by atoms with E-state index >= 15 is 0 Å². The van der Waals surface area contributed by atoms with Crippen molar-refractivity contribution in [3.05, 3.63) is 0 Å². The van der Waals surface area contributed by atoms with E-state index in [1.807, 2.05) is 0 Å². The average molecular weight is 218 g/mol. The molecule has 0 aliphatic carbocycles. The van der Waals surface area contributed by atoms with Gasteiger partial charge in [0.15, 0.2) is 6.10 Å². The monoisotopic (exact) mass is 218 g/mol. The van der Waals surface area contributed by atoms with Gasteiger partial charge in [0.05, 0.1) is 0 Å². The standard InChI is InChI=1S/C10H18O5/c1-5(2)7(11)10(14)15-8(6(3)4)9(12)13/h5-8,11H,1-4H3,(H,12,13). The Morgan fingerprint density at radius 2 is 1.53 bits per heavy atom. The number of hydrogen-bond donors (Lipinski definition) is 2. The Kier molecular flexibility index (Phi) is 5.28. The molecule has 5 nitrogen and oxygen atoms in total. The molecule has 0 saturated heterocycles. The van der Waals surface area contributed by atoms with Crippen molar-refractivity contribution >= 4 is 11.9 Å².